The van der Waals surface area contributed by atoms with E-state index in [4.69, 9.17) is 16.7 Å². The molecule has 1 heterocycles. The Labute approximate surface area is 120 Å². The number of halogens is 2. The van der Waals surface area contributed by atoms with Gasteiger partial charge < -0.3 is 5.11 Å². The van der Waals surface area contributed by atoms with Gasteiger partial charge >= 0.3 is 5.97 Å². The summed E-state index contributed by atoms with van der Waals surface area (Å²) in [5.74, 6) is -0.928. The van der Waals surface area contributed by atoms with Gasteiger partial charge in [0.25, 0.3) is 0 Å². The standard InChI is InChI=1S/C13H15BrClNO2/c1-8-4-11(14)10(5-12(8)15)7-16-3-2-9(6-16)13(17)18/h4-5,9H,2-3,6-7H2,1H3,(H,17,18). The van der Waals surface area contributed by atoms with E-state index in [1.807, 2.05) is 19.1 Å². The van der Waals surface area contributed by atoms with Gasteiger partial charge in [-0.1, -0.05) is 27.5 Å². The van der Waals surface area contributed by atoms with Gasteiger partial charge in [0.1, 0.15) is 0 Å². The molecule has 1 N–H and O–H groups in total. The molecule has 1 saturated heterocycles. The van der Waals surface area contributed by atoms with Crippen LogP contribution in [0.1, 0.15) is 17.5 Å². The highest BCUT2D eigenvalue weighted by molar-refractivity contribution is 9.10. The van der Waals surface area contributed by atoms with Crippen LogP contribution in [0.4, 0.5) is 0 Å². The number of aliphatic carboxylic acids is 1. The van der Waals surface area contributed by atoms with E-state index in [0.717, 1.165) is 40.1 Å². The van der Waals surface area contributed by atoms with Crippen molar-refractivity contribution in [3.8, 4) is 0 Å². The van der Waals surface area contributed by atoms with Crippen molar-refractivity contribution >= 4 is 33.5 Å². The minimum atomic E-state index is -0.696. The zero-order valence-electron chi connectivity index (χ0n) is 10.1. The molecule has 1 fully saturated rings. The van der Waals surface area contributed by atoms with Gasteiger partial charge in [0.05, 0.1) is 5.92 Å². The van der Waals surface area contributed by atoms with E-state index < -0.39 is 5.97 Å². The topological polar surface area (TPSA) is 40.5 Å². The fraction of sp³-hybridized carbons (Fsp3) is 0.462. The third kappa shape index (κ3) is 3.05. The molecule has 0 saturated carbocycles. The number of aryl methyl sites for hydroxylation is 1. The van der Waals surface area contributed by atoms with Crippen molar-refractivity contribution in [3.05, 3.63) is 32.8 Å². The van der Waals surface area contributed by atoms with Gasteiger partial charge in [0.15, 0.2) is 0 Å². The Morgan fingerprint density at radius 1 is 1.61 bits per heavy atom. The van der Waals surface area contributed by atoms with Crippen LogP contribution in [0.3, 0.4) is 0 Å². The SMILES string of the molecule is Cc1cc(Br)c(CN2CCC(C(=O)O)C2)cc1Cl. The summed E-state index contributed by atoms with van der Waals surface area (Å²) in [6.45, 7) is 4.15. The lowest BCUT2D eigenvalue weighted by Crippen LogP contribution is -2.23. The van der Waals surface area contributed by atoms with E-state index in [1.165, 1.54) is 0 Å². The first-order valence-corrected chi connectivity index (χ1v) is 7.04. The van der Waals surface area contributed by atoms with Crippen LogP contribution in [0.15, 0.2) is 16.6 Å². The van der Waals surface area contributed by atoms with Crippen LogP contribution < -0.4 is 0 Å². The lowest BCUT2D eigenvalue weighted by Gasteiger charge is -2.17. The second kappa shape index (κ2) is 5.59. The van der Waals surface area contributed by atoms with E-state index >= 15 is 0 Å². The van der Waals surface area contributed by atoms with Crippen LogP contribution in [0.5, 0.6) is 0 Å². The number of carbonyl (C=O) groups is 1. The largest absolute Gasteiger partial charge is 0.481 e. The van der Waals surface area contributed by atoms with Gasteiger partial charge in [-0.15, -0.1) is 0 Å². The quantitative estimate of drug-likeness (QED) is 0.923. The second-order valence-electron chi connectivity index (χ2n) is 4.75. The first-order chi connectivity index (χ1) is 8.47. The predicted octanol–water partition coefficient (Wildman–Crippen LogP) is 3.32. The molecule has 5 heteroatoms. The number of likely N-dealkylation sites (tertiary alicyclic amines) is 1. The number of carboxylic acids is 1. The lowest BCUT2D eigenvalue weighted by molar-refractivity contribution is -0.141. The summed E-state index contributed by atoms with van der Waals surface area (Å²) >= 11 is 9.65. The molecule has 2 rings (SSSR count). The molecule has 0 bridgehead atoms. The Hall–Kier alpha value is -0.580. The molecule has 18 heavy (non-hydrogen) atoms. The number of carboxylic acid groups (broad SMARTS) is 1. The highest BCUT2D eigenvalue weighted by Crippen LogP contribution is 2.28. The second-order valence-corrected chi connectivity index (χ2v) is 6.01. The molecule has 0 aliphatic carbocycles. The number of hydrogen-bond acceptors (Lipinski definition) is 2. The molecule has 1 atom stereocenters. The van der Waals surface area contributed by atoms with Crippen LogP contribution in [0.2, 0.25) is 5.02 Å². The molecule has 1 aliphatic heterocycles. The zero-order valence-corrected chi connectivity index (χ0v) is 12.5. The van der Waals surface area contributed by atoms with Gasteiger partial charge in [-0.05, 0) is 43.1 Å². The van der Waals surface area contributed by atoms with E-state index in [2.05, 4.69) is 20.8 Å². The fourth-order valence-electron chi connectivity index (χ4n) is 2.23. The molecule has 1 unspecified atom stereocenters. The van der Waals surface area contributed by atoms with Crippen molar-refractivity contribution in [2.24, 2.45) is 5.92 Å². The maximum atomic E-state index is 10.9. The predicted molar refractivity (Wildman–Crippen MR) is 74.9 cm³/mol. The van der Waals surface area contributed by atoms with Gasteiger partial charge in [0.2, 0.25) is 0 Å². The molecule has 0 radical (unpaired) electrons. The summed E-state index contributed by atoms with van der Waals surface area (Å²) in [4.78, 5) is 13.1. The molecule has 3 nitrogen and oxygen atoms in total. The Balaban J connectivity index is 2.07. The Kier molecular flexibility index (Phi) is 4.30. The first-order valence-electron chi connectivity index (χ1n) is 5.87. The average molecular weight is 333 g/mol. The molecular weight excluding hydrogens is 318 g/mol. The average Bonchev–Trinajstić information content (AvgIpc) is 2.74. The van der Waals surface area contributed by atoms with Gasteiger partial charge in [-0.2, -0.15) is 0 Å². The summed E-state index contributed by atoms with van der Waals surface area (Å²) in [6.07, 6.45) is 0.729. The summed E-state index contributed by atoms with van der Waals surface area (Å²) in [7, 11) is 0. The van der Waals surface area contributed by atoms with Crippen molar-refractivity contribution < 1.29 is 9.90 Å². The summed E-state index contributed by atoms with van der Waals surface area (Å²) in [6, 6.07) is 3.96. The Bertz CT molecular complexity index is 478. The van der Waals surface area contributed by atoms with Crippen LogP contribution in [-0.4, -0.2) is 29.1 Å². The van der Waals surface area contributed by atoms with Crippen LogP contribution in [0, 0.1) is 12.8 Å². The zero-order chi connectivity index (χ0) is 13.3. The highest BCUT2D eigenvalue weighted by atomic mass is 79.9. The monoisotopic (exact) mass is 331 g/mol. The van der Waals surface area contributed by atoms with E-state index in [1.54, 1.807) is 0 Å². The third-order valence-electron chi connectivity index (χ3n) is 3.34. The maximum absolute atomic E-state index is 10.9. The number of hydrogen-bond donors (Lipinski definition) is 1. The first kappa shape index (κ1) is 13.8. The van der Waals surface area contributed by atoms with Crippen LogP contribution in [0.25, 0.3) is 0 Å². The minimum absolute atomic E-state index is 0.232. The van der Waals surface area contributed by atoms with Crippen molar-refractivity contribution in [2.45, 2.75) is 19.9 Å². The number of benzene rings is 1. The lowest BCUT2D eigenvalue weighted by atomic mass is 10.1. The van der Waals surface area contributed by atoms with Crippen molar-refractivity contribution in [1.82, 2.24) is 4.90 Å². The normalized spacial score (nSPS) is 20.3. The molecular formula is C13H15BrClNO2. The Morgan fingerprint density at radius 2 is 2.33 bits per heavy atom. The molecule has 0 aromatic heterocycles. The molecule has 1 aromatic rings. The highest BCUT2D eigenvalue weighted by Gasteiger charge is 2.28. The molecule has 1 aliphatic rings. The minimum Gasteiger partial charge on any atom is -0.481 e. The van der Waals surface area contributed by atoms with Crippen molar-refractivity contribution in [2.75, 3.05) is 13.1 Å². The smallest absolute Gasteiger partial charge is 0.307 e. The van der Waals surface area contributed by atoms with Crippen LogP contribution in [-0.2, 0) is 11.3 Å². The van der Waals surface area contributed by atoms with E-state index in [9.17, 15) is 4.79 Å². The molecule has 0 amide bonds. The van der Waals surface area contributed by atoms with Crippen molar-refractivity contribution in [3.63, 3.8) is 0 Å². The molecule has 98 valence electrons. The van der Waals surface area contributed by atoms with Gasteiger partial charge in [-0.25, -0.2) is 0 Å². The molecule has 1 aromatic carbocycles. The van der Waals surface area contributed by atoms with Crippen molar-refractivity contribution in [1.29, 1.82) is 0 Å². The van der Waals surface area contributed by atoms with Gasteiger partial charge in [0, 0.05) is 22.6 Å². The number of rotatable bonds is 3. The Morgan fingerprint density at radius 3 is 2.94 bits per heavy atom. The number of nitrogens with zero attached hydrogens (tertiary/aromatic N) is 1. The summed E-state index contributed by atoms with van der Waals surface area (Å²) < 4.78 is 1.03. The fourth-order valence-corrected chi connectivity index (χ4v) is 3.00. The van der Waals surface area contributed by atoms with Crippen LogP contribution >= 0.6 is 27.5 Å². The molecule has 0 spiro atoms. The summed E-state index contributed by atoms with van der Waals surface area (Å²) in [5.41, 5.74) is 2.15. The van der Waals surface area contributed by atoms with E-state index in [-0.39, 0.29) is 5.92 Å². The van der Waals surface area contributed by atoms with E-state index in [0.29, 0.717) is 6.54 Å². The van der Waals surface area contributed by atoms with Gasteiger partial charge in [-0.3, -0.25) is 9.69 Å². The summed E-state index contributed by atoms with van der Waals surface area (Å²) in [5, 5.41) is 9.73. The maximum Gasteiger partial charge on any atom is 0.307 e. The third-order valence-corrected chi connectivity index (χ3v) is 4.49.